The topological polar surface area (TPSA) is 67.9 Å². The number of rotatable bonds is 7. The van der Waals surface area contributed by atoms with E-state index in [2.05, 4.69) is 19.2 Å². The molecule has 6 nitrogen and oxygen atoms in total. The number of carbonyl (C=O) groups is 2. The van der Waals surface area contributed by atoms with Crippen molar-refractivity contribution >= 4 is 24.1 Å². The molecule has 0 saturated carbocycles. The molecule has 1 fully saturated rings. The molecule has 1 aliphatic rings. The Morgan fingerprint density at radius 2 is 2.00 bits per heavy atom. The molecule has 0 radical (unpaired) electrons. The summed E-state index contributed by atoms with van der Waals surface area (Å²) < 4.78 is 11.0. The molecule has 7 heteroatoms. The summed E-state index contributed by atoms with van der Waals surface area (Å²) in [7, 11) is 1.54. The van der Waals surface area contributed by atoms with Crippen molar-refractivity contribution in [2.45, 2.75) is 45.7 Å². The number of hydrogen-bond donors (Lipinski definition) is 1. The summed E-state index contributed by atoms with van der Waals surface area (Å²) in [5.74, 6) is 1.27. The zero-order valence-electron chi connectivity index (χ0n) is 15.9. The Labute approximate surface area is 161 Å². The first-order valence-electron chi connectivity index (χ1n) is 8.78. The van der Waals surface area contributed by atoms with Gasteiger partial charge in [-0.15, -0.1) is 12.4 Å². The highest BCUT2D eigenvalue weighted by atomic mass is 35.5. The molecule has 1 aromatic carbocycles. The molecule has 0 aliphatic carbocycles. The van der Waals surface area contributed by atoms with E-state index in [1.807, 2.05) is 4.90 Å². The molecule has 26 heavy (non-hydrogen) atoms. The SMILES string of the molecule is COc1cc(C(C)=O)ccc1OCCCC(=O)N1CCNC(C)C1C.Cl. The summed E-state index contributed by atoms with van der Waals surface area (Å²) in [5.41, 5.74) is 0.584. The molecular formula is C19H29ClN2O4. The van der Waals surface area contributed by atoms with Gasteiger partial charge in [0, 0.05) is 37.2 Å². The van der Waals surface area contributed by atoms with Crippen molar-refractivity contribution in [1.29, 1.82) is 0 Å². The van der Waals surface area contributed by atoms with Gasteiger partial charge in [0.2, 0.25) is 5.91 Å². The van der Waals surface area contributed by atoms with Crippen LogP contribution in [0.5, 0.6) is 11.5 Å². The lowest BCUT2D eigenvalue weighted by Gasteiger charge is -2.38. The van der Waals surface area contributed by atoms with Crippen molar-refractivity contribution in [3.05, 3.63) is 23.8 Å². The predicted octanol–water partition coefficient (Wildman–Crippen LogP) is 2.69. The molecule has 1 saturated heterocycles. The third-order valence-electron chi connectivity index (χ3n) is 4.72. The summed E-state index contributed by atoms with van der Waals surface area (Å²) >= 11 is 0. The highest BCUT2D eigenvalue weighted by Crippen LogP contribution is 2.28. The van der Waals surface area contributed by atoms with Gasteiger partial charge in [0.05, 0.1) is 13.7 Å². The Morgan fingerprint density at radius 1 is 1.27 bits per heavy atom. The van der Waals surface area contributed by atoms with Crippen LogP contribution in [0.1, 0.15) is 44.0 Å². The number of carbonyl (C=O) groups excluding carboxylic acids is 2. The van der Waals surface area contributed by atoms with Crippen LogP contribution in [0.25, 0.3) is 0 Å². The molecule has 146 valence electrons. The zero-order chi connectivity index (χ0) is 18.4. The highest BCUT2D eigenvalue weighted by Gasteiger charge is 2.27. The molecule has 1 heterocycles. The number of ether oxygens (including phenoxy) is 2. The van der Waals surface area contributed by atoms with Gasteiger partial charge in [-0.1, -0.05) is 0 Å². The third kappa shape index (κ3) is 5.61. The van der Waals surface area contributed by atoms with Gasteiger partial charge in [0.1, 0.15) is 0 Å². The Bertz CT molecular complexity index is 624. The van der Waals surface area contributed by atoms with Gasteiger partial charge in [-0.25, -0.2) is 0 Å². The first-order chi connectivity index (χ1) is 11.9. The molecule has 1 aromatic rings. The number of nitrogens with zero attached hydrogens (tertiary/aromatic N) is 1. The third-order valence-corrected chi connectivity index (χ3v) is 4.72. The summed E-state index contributed by atoms with van der Waals surface area (Å²) in [5, 5.41) is 3.37. The van der Waals surface area contributed by atoms with Gasteiger partial charge in [-0.3, -0.25) is 9.59 Å². The summed E-state index contributed by atoms with van der Waals surface area (Å²) in [4.78, 5) is 25.8. The Balaban J connectivity index is 0.00000338. The number of hydrogen-bond acceptors (Lipinski definition) is 5. The first kappa shape index (κ1) is 22.3. The van der Waals surface area contributed by atoms with Crippen molar-refractivity contribution < 1.29 is 19.1 Å². The second-order valence-electron chi connectivity index (χ2n) is 6.44. The van der Waals surface area contributed by atoms with Crippen molar-refractivity contribution in [3.63, 3.8) is 0 Å². The first-order valence-corrected chi connectivity index (χ1v) is 8.78. The summed E-state index contributed by atoms with van der Waals surface area (Å²) in [6.07, 6.45) is 1.10. The minimum absolute atomic E-state index is 0. The fourth-order valence-electron chi connectivity index (χ4n) is 2.96. The maximum Gasteiger partial charge on any atom is 0.223 e. The minimum Gasteiger partial charge on any atom is -0.493 e. The van der Waals surface area contributed by atoms with Crippen LogP contribution in [0.4, 0.5) is 0 Å². The predicted molar refractivity (Wildman–Crippen MR) is 104 cm³/mol. The normalized spacial score (nSPS) is 19.5. The Kier molecular flexibility index (Phi) is 8.88. The van der Waals surface area contributed by atoms with E-state index in [0.717, 1.165) is 13.1 Å². The van der Waals surface area contributed by atoms with Gasteiger partial charge in [0.25, 0.3) is 0 Å². The van der Waals surface area contributed by atoms with Crippen LogP contribution in [0.15, 0.2) is 18.2 Å². The lowest BCUT2D eigenvalue weighted by Crippen LogP contribution is -2.57. The molecular weight excluding hydrogens is 356 g/mol. The van der Waals surface area contributed by atoms with Crippen LogP contribution in [-0.2, 0) is 4.79 Å². The maximum atomic E-state index is 12.4. The molecule has 2 atom stereocenters. The van der Waals surface area contributed by atoms with Gasteiger partial charge in [-0.2, -0.15) is 0 Å². The second-order valence-corrected chi connectivity index (χ2v) is 6.44. The Morgan fingerprint density at radius 3 is 2.65 bits per heavy atom. The number of benzene rings is 1. The van der Waals surface area contributed by atoms with E-state index in [4.69, 9.17) is 9.47 Å². The summed E-state index contributed by atoms with van der Waals surface area (Å²) in [6.45, 7) is 7.71. The van der Waals surface area contributed by atoms with Crippen molar-refractivity contribution in [2.75, 3.05) is 26.8 Å². The van der Waals surface area contributed by atoms with Gasteiger partial charge < -0.3 is 19.7 Å². The fourth-order valence-corrected chi connectivity index (χ4v) is 2.96. The van der Waals surface area contributed by atoms with Crippen LogP contribution in [0, 0.1) is 0 Å². The molecule has 0 aromatic heterocycles. The number of halogens is 1. The number of nitrogens with one attached hydrogen (secondary N) is 1. The average Bonchev–Trinajstić information content (AvgIpc) is 2.60. The van der Waals surface area contributed by atoms with Gasteiger partial charge >= 0.3 is 0 Å². The Hall–Kier alpha value is -1.79. The van der Waals surface area contributed by atoms with Crippen LogP contribution in [0.3, 0.4) is 0 Å². The standard InChI is InChI=1S/C19H28N2O4.ClH/c1-13-14(2)21(10-9-20-13)19(23)6-5-11-25-17-8-7-16(15(3)22)12-18(17)24-4;/h7-8,12-14,20H,5-6,9-11H2,1-4H3;1H. The number of methoxy groups -OCH3 is 1. The van der Waals surface area contributed by atoms with Crippen LogP contribution < -0.4 is 14.8 Å². The van der Waals surface area contributed by atoms with Crippen LogP contribution in [-0.4, -0.2) is 55.5 Å². The number of piperazine rings is 1. The minimum atomic E-state index is -0.0187. The van der Waals surface area contributed by atoms with E-state index in [0.29, 0.717) is 42.6 Å². The monoisotopic (exact) mass is 384 g/mol. The lowest BCUT2D eigenvalue weighted by molar-refractivity contribution is -0.135. The molecule has 0 bridgehead atoms. The summed E-state index contributed by atoms with van der Waals surface area (Å²) in [6, 6.07) is 5.65. The maximum absolute atomic E-state index is 12.4. The molecule has 0 spiro atoms. The van der Waals surface area contributed by atoms with Crippen LogP contribution >= 0.6 is 12.4 Å². The number of Topliss-reactive ketones (excluding diaryl/α,β-unsaturated/α-hetero) is 1. The van der Waals surface area contributed by atoms with E-state index >= 15 is 0 Å². The van der Waals surface area contributed by atoms with Gasteiger partial charge in [0.15, 0.2) is 17.3 Å². The van der Waals surface area contributed by atoms with E-state index in [-0.39, 0.29) is 30.1 Å². The molecule has 1 amide bonds. The van der Waals surface area contributed by atoms with E-state index in [1.165, 1.54) is 6.92 Å². The molecule has 2 rings (SSSR count). The molecule has 1 aliphatic heterocycles. The van der Waals surface area contributed by atoms with E-state index in [1.54, 1.807) is 25.3 Å². The second kappa shape index (κ2) is 10.4. The highest BCUT2D eigenvalue weighted by molar-refractivity contribution is 5.94. The van der Waals surface area contributed by atoms with Crippen molar-refractivity contribution in [3.8, 4) is 11.5 Å². The van der Waals surface area contributed by atoms with Crippen molar-refractivity contribution in [2.24, 2.45) is 0 Å². The van der Waals surface area contributed by atoms with Crippen molar-refractivity contribution in [1.82, 2.24) is 10.2 Å². The zero-order valence-corrected chi connectivity index (χ0v) is 16.7. The quantitative estimate of drug-likeness (QED) is 0.578. The van der Waals surface area contributed by atoms with Gasteiger partial charge in [-0.05, 0) is 45.4 Å². The van der Waals surface area contributed by atoms with Crippen LogP contribution in [0.2, 0.25) is 0 Å². The average molecular weight is 385 g/mol. The fraction of sp³-hybridized carbons (Fsp3) is 0.579. The smallest absolute Gasteiger partial charge is 0.223 e. The molecule has 2 unspecified atom stereocenters. The largest absolute Gasteiger partial charge is 0.493 e. The molecule has 1 N–H and O–H groups in total. The van der Waals surface area contributed by atoms with E-state index in [9.17, 15) is 9.59 Å². The van der Waals surface area contributed by atoms with E-state index < -0.39 is 0 Å². The number of ketones is 1. The number of amides is 1. The lowest BCUT2D eigenvalue weighted by atomic mass is 10.1.